The van der Waals surface area contributed by atoms with Crippen LogP contribution in [0, 0.1) is 5.92 Å². The summed E-state index contributed by atoms with van der Waals surface area (Å²) >= 11 is 1.97. The minimum absolute atomic E-state index is 0.734. The molecular weight excluding hydrogens is 228 g/mol. The number of rotatable bonds is 7. The Balaban J connectivity index is 2.29. The molecule has 1 saturated heterocycles. The fourth-order valence-corrected chi connectivity index (χ4v) is 3.36. The van der Waals surface area contributed by atoms with E-state index in [1.807, 2.05) is 11.8 Å². The molecule has 0 aromatic heterocycles. The number of hydrogen-bond donors (Lipinski definition) is 1. The van der Waals surface area contributed by atoms with Crippen LogP contribution in [0.15, 0.2) is 0 Å². The molecule has 0 spiro atoms. The lowest BCUT2D eigenvalue weighted by atomic mass is 9.87. The second-order valence-electron chi connectivity index (χ2n) is 5.29. The zero-order valence-corrected chi connectivity index (χ0v) is 12.9. The highest BCUT2D eigenvalue weighted by molar-refractivity contribution is 7.98. The van der Waals surface area contributed by atoms with Crippen LogP contribution in [0.2, 0.25) is 0 Å². The first-order chi connectivity index (χ1) is 8.20. The summed E-state index contributed by atoms with van der Waals surface area (Å²) in [6.07, 6.45) is 6.26. The maximum absolute atomic E-state index is 3.63. The number of piperidine rings is 1. The molecular formula is C14H30N2S. The van der Waals surface area contributed by atoms with Crippen LogP contribution in [0.5, 0.6) is 0 Å². The normalized spacial score (nSPS) is 30.7. The summed E-state index contributed by atoms with van der Waals surface area (Å²) in [6, 6.07) is 1.47. The summed E-state index contributed by atoms with van der Waals surface area (Å²) in [7, 11) is 0. The number of nitrogens with one attached hydrogen (secondary N) is 1. The first-order valence-electron chi connectivity index (χ1n) is 7.17. The molecule has 0 saturated carbocycles. The Kier molecular flexibility index (Phi) is 7.56. The lowest BCUT2D eigenvalue weighted by Crippen LogP contribution is -2.53. The van der Waals surface area contributed by atoms with Gasteiger partial charge in [-0.15, -0.1) is 0 Å². The van der Waals surface area contributed by atoms with Gasteiger partial charge >= 0.3 is 0 Å². The highest BCUT2D eigenvalue weighted by Crippen LogP contribution is 2.23. The third-order valence-electron chi connectivity index (χ3n) is 4.21. The molecule has 2 nitrogen and oxygen atoms in total. The minimum Gasteiger partial charge on any atom is -0.314 e. The topological polar surface area (TPSA) is 15.3 Å². The molecule has 1 aliphatic rings. The molecule has 0 radical (unpaired) electrons. The quantitative estimate of drug-likeness (QED) is 0.707. The van der Waals surface area contributed by atoms with Crippen molar-refractivity contribution in [1.82, 2.24) is 10.2 Å². The van der Waals surface area contributed by atoms with E-state index in [0.717, 1.165) is 24.5 Å². The number of hydrogen-bond acceptors (Lipinski definition) is 3. The molecule has 1 fully saturated rings. The number of likely N-dealkylation sites (tertiary alicyclic amines) is 1. The van der Waals surface area contributed by atoms with E-state index in [4.69, 9.17) is 0 Å². The van der Waals surface area contributed by atoms with E-state index < -0.39 is 0 Å². The van der Waals surface area contributed by atoms with Gasteiger partial charge in [-0.2, -0.15) is 11.8 Å². The van der Waals surface area contributed by atoms with E-state index >= 15 is 0 Å². The molecule has 1 N–H and O–H groups in total. The molecule has 0 amide bonds. The summed E-state index contributed by atoms with van der Waals surface area (Å²) in [6.45, 7) is 10.7. The highest BCUT2D eigenvalue weighted by Gasteiger charge is 2.31. The van der Waals surface area contributed by atoms with Crippen molar-refractivity contribution in [3.8, 4) is 0 Å². The number of nitrogens with zero attached hydrogens (tertiary/aromatic N) is 1. The predicted molar refractivity (Wildman–Crippen MR) is 79.9 cm³/mol. The molecule has 0 bridgehead atoms. The Hall–Kier alpha value is 0.270. The molecule has 0 aromatic rings. The molecule has 0 aromatic carbocycles. The maximum atomic E-state index is 3.63. The van der Waals surface area contributed by atoms with Crippen molar-refractivity contribution in [2.75, 3.05) is 31.6 Å². The average molecular weight is 258 g/mol. The molecule has 1 rings (SSSR count). The van der Waals surface area contributed by atoms with E-state index in [1.54, 1.807) is 0 Å². The predicted octanol–water partition coefficient (Wildman–Crippen LogP) is 2.84. The van der Waals surface area contributed by atoms with Crippen molar-refractivity contribution in [2.45, 2.75) is 52.1 Å². The van der Waals surface area contributed by atoms with Crippen LogP contribution in [0.3, 0.4) is 0 Å². The van der Waals surface area contributed by atoms with Gasteiger partial charge in [0.2, 0.25) is 0 Å². The van der Waals surface area contributed by atoms with E-state index in [9.17, 15) is 0 Å². The van der Waals surface area contributed by atoms with Crippen molar-refractivity contribution < 1.29 is 0 Å². The van der Waals surface area contributed by atoms with Gasteiger partial charge < -0.3 is 10.2 Å². The van der Waals surface area contributed by atoms with E-state index in [1.165, 1.54) is 38.1 Å². The maximum Gasteiger partial charge on any atom is 0.0120 e. The van der Waals surface area contributed by atoms with Crippen LogP contribution in [0.25, 0.3) is 0 Å². The van der Waals surface area contributed by atoms with Gasteiger partial charge in [0.15, 0.2) is 0 Å². The standard InChI is InChI=1S/C14H30N2S/c1-5-15-14-8-10-16(13(3)12(14)2)9-6-7-11-17-4/h12-15H,5-11H2,1-4H3. The van der Waals surface area contributed by atoms with Gasteiger partial charge in [0, 0.05) is 12.1 Å². The first kappa shape index (κ1) is 15.3. The SMILES string of the molecule is CCNC1CCN(CCCCSC)C(C)C1C. The molecule has 1 aliphatic heterocycles. The van der Waals surface area contributed by atoms with Crippen molar-refractivity contribution in [1.29, 1.82) is 0 Å². The summed E-state index contributed by atoms with van der Waals surface area (Å²) in [5.74, 6) is 2.10. The van der Waals surface area contributed by atoms with Gasteiger partial charge in [-0.05, 0) is 63.7 Å². The van der Waals surface area contributed by atoms with Gasteiger partial charge in [0.25, 0.3) is 0 Å². The van der Waals surface area contributed by atoms with Crippen molar-refractivity contribution in [2.24, 2.45) is 5.92 Å². The zero-order chi connectivity index (χ0) is 12.7. The molecule has 3 unspecified atom stereocenters. The highest BCUT2D eigenvalue weighted by atomic mass is 32.2. The fourth-order valence-electron chi connectivity index (χ4n) is 2.87. The van der Waals surface area contributed by atoms with Gasteiger partial charge in [0.1, 0.15) is 0 Å². The Bertz CT molecular complexity index is 197. The van der Waals surface area contributed by atoms with E-state index in [-0.39, 0.29) is 0 Å². The average Bonchev–Trinajstić information content (AvgIpc) is 2.33. The fraction of sp³-hybridized carbons (Fsp3) is 1.00. The first-order valence-corrected chi connectivity index (χ1v) is 8.56. The Morgan fingerprint density at radius 3 is 2.71 bits per heavy atom. The molecule has 102 valence electrons. The third-order valence-corrected chi connectivity index (χ3v) is 4.91. The van der Waals surface area contributed by atoms with Crippen molar-refractivity contribution in [3.05, 3.63) is 0 Å². The summed E-state index contributed by atoms with van der Waals surface area (Å²) in [5, 5.41) is 3.63. The largest absolute Gasteiger partial charge is 0.314 e. The number of thioether (sulfide) groups is 1. The van der Waals surface area contributed by atoms with Crippen LogP contribution < -0.4 is 5.32 Å². The van der Waals surface area contributed by atoms with Crippen LogP contribution in [0.1, 0.15) is 40.0 Å². The third kappa shape index (κ3) is 4.80. The number of unbranched alkanes of at least 4 members (excludes halogenated alkanes) is 1. The lowest BCUT2D eigenvalue weighted by molar-refractivity contribution is 0.0845. The smallest absolute Gasteiger partial charge is 0.0120 e. The van der Waals surface area contributed by atoms with Gasteiger partial charge in [0.05, 0.1) is 0 Å². The monoisotopic (exact) mass is 258 g/mol. The molecule has 17 heavy (non-hydrogen) atoms. The van der Waals surface area contributed by atoms with Gasteiger partial charge in [-0.3, -0.25) is 0 Å². The van der Waals surface area contributed by atoms with Crippen molar-refractivity contribution in [3.63, 3.8) is 0 Å². The molecule has 3 heteroatoms. The van der Waals surface area contributed by atoms with Crippen LogP contribution in [0.4, 0.5) is 0 Å². The summed E-state index contributed by atoms with van der Waals surface area (Å²) in [5.41, 5.74) is 0. The summed E-state index contributed by atoms with van der Waals surface area (Å²) < 4.78 is 0. The lowest BCUT2D eigenvalue weighted by Gasteiger charge is -2.43. The van der Waals surface area contributed by atoms with Crippen LogP contribution in [-0.4, -0.2) is 48.6 Å². The van der Waals surface area contributed by atoms with Crippen LogP contribution >= 0.6 is 11.8 Å². The Morgan fingerprint density at radius 1 is 1.29 bits per heavy atom. The second kappa shape index (κ2) is 8.39. The van der Waals surface area contributed by atoms with E-state index in [2.05, 4.69) is 37.2 Å². The van der Waals surface area contributed by atoms with Gasteiger partial charge in [-0.1, -0.05) is 13.8 Å². The van der Waals surface area contributed by atoms with Gasteiger partial charge in [-0.25, -0.2) is 0 Å². The Morgan fingerprint density at radius 2 is 2.06 bits per heavy atom. The molecule has 1 heterocycles. The summed E-state index contributed by atoms with van der Waals surface area (Å²) in [4.78, 5) is 2.69. The molecule has 0 aliphatic carbocycles. The Labute approximate surface area is 112 Å². The van der Waals surface area contributed by atoms with E-state index in [0.29, 0.717) is 0 Å². The minimum atomic E-state index is 0.734. The zero-order valence-electron chi connectivity index (χ0n) is 12.0. The second-order valence-corrected chi connectivity index (χ2v) is 6.27. The van der Waals surface area contributed by atoms with Crippen LogP contribution in [-0.2, 0) is 0 Å². The molecule has 3 atom stereocenters. The van der Waals surface area contributed by atoms with Crippen molar-refractivity contribution >= 4 is 11.8 Å².